The topological polar surface area (TPSA) is 135 Å². The average molecular weight is 649 g/mol. The maximum absolute atomic E-state index is 15.0. The molecule has 3 N–H and O–H groups in total. The second-order valence-corrected chi connectivity index (χ2v) is 11.8. The molecule has 1 atom stereocenters. The van der Waals surface area contributed by atoms with Crippen molar-refractivity contribution < 1.29 is 18.7 Å². The third kappa shape index (κ3) is 5.98. The quantitative estimate of drug-likeness (QED) is 0.238. The number of aliphatic hydroxyl groups is 1. The number of benzene rings is 4. The summed E-state index contributed by atoms with van der Waals surface area (Å²) in [6.45, 7) is 0.856. The number of hydrogen-bond donors (Lipinski definition) is 3. The van der Waals surface area contributed by atoms with Gasteiger partial charge in [-0.05, 0) is 47.5 Å². The molecule has 7 rings (SSSR count). The van der Waals surface area contributed by atoms with E-state index in [1.807, 2.05) is 12.1 Å². The Bertz CT molecular complexity index is 2300. The number of piperazine rings is 1. The summed E-state index contributed by atoms with van der Waals surface area (Å²) in [7, 11) is 0. The van der Waals surface area contributed by atoms with Gasteiger partial charge in [0.25, 0.3) is 17.0 Å². The minimum absolute atomic E-state index is 0.0858. The fraction of sp³-hybridized carbons (Fsp3) is 0.194. The van der Waals surface area contributed by atoms with E-state index in [2.05, 4.69) is 20.4 Å². The highest BCUT2D eigenvalue weighted by molar-refractivity contribution is 5.95. The number of H-pyrrole nitrogens is 2. The lowest BCUT2D eigenvalue weighted by molar-refractivity contribution is -0.0261. The highest BCUT2D eigenvalue weighted by atomic mass is 19.1. The van der Waals surface area contributed by atoms with E-state index < -0.39 is 23.8 Å². The molecule has 0 saturated carbocycles. The van der Waals surface area contributed by atoms with Crippen LogP contribution in [-0.4, -0.2) is 67.4 Å². The molecular weight excluding hydrogens is 618 g/mol. The van der Waals surface area contributed by atoms with Gasteiger partial charge >= 0.3 is 0 Å². The lowest BCUT2D eigenvalue weighted by atomic mass is 10.0. The van der Waals surface area contributed by atoms with E-state index in [9.17, 15) is 23.9 Å². The monoisotopic (exact) mass is 648 g/mol. The molecule has 0 bridgehead atoms. The van der Waals surface area contributed by atoms with Crippen LogP contribution in [0.5, 0.6) is 0 Å². The number of carbonyl (C=O) groups excluding carboxylic acids is 1. The largest absolute Gasteiger partial charge is 0.374 e. The summed E-state index contributed by atoms with van der Waals surface area (Å²) in [5.41, 5.74) is 1.96. The summed E-state index contributed by atoms with van der Waals surface area (Å²) in [5, 5.41) is 27.0. The van der Waals surface area contributed by atoms with Crippen LogP contribution in [-0.2, 0) is 12.8 Å². The number of hydrogen-bond acceptors (Lipinski definition) is 7. The molecule has 10 nitrogen and oxygen atoms in total. The smallest absolute Gasteiger partial charge is 0.272 e. The molecule has 242 valence electrons. The first-order valence-corrected chi connectivity index (χ1v) is 15.5. The zero-order chi connectivity index (χ0) is 33.4. The zero-order valence-corrected chi connectivity index (χ0v) is 25.6. The number of nitrogens with one attached hydrogen (secondary N) is 2. The van der Waals surface area contributed by atoms with Crippen LogP contribution in [0.2, 0.25) is 0 Å². The molecule has 3 heterocycles. The molecule has 1 fully saturated rings. The number of nitrogens with zero attached hydrogens (tertiary/aromatic N) is 4. The fourth-order valence-electron chi connectivity index (χ4n) is 6.28. The van der Waals surface area contributed by atoms with Crippen molar-refractivity contribution in [2.45, 2.75) is 19.1 Å². The summed E-state index contributed by atoms with van der Waals surface area (Å²) >= 11 is 0. The average Bonchev–Trinajstić information content (AvgIpc) is 3.12. The number of carbonyl (C=O) groups is 1. The first-order chi connectivity index (χ1) is 23.3. The summed E-state index contributed by atoms with van der Waals surface area (Å²) in [4.78, 5) is 41.0. The normalized spacial score (nSPS) is 14.4. The molecule has 2 aromatic heterocycles. The summed E-state index contributed by atoms with van der Waals surface area (Å²) in [6, 6.07) is 23.0. The number of rotatable bonds is 7. The van der Waals surface area contributed by atoms with Crippen LogP contribution in [0.3, 0.4) is 0 Å². The molecule has 0 aliphatic carbocycles. The fourth-order valence-corrected chi connectivity index (χ4v) is 6.28. The van der Waals surface area contributed by atoms with Crippen LogP contribution in [0.4, 0.5) is 8.78 Å². The molecule has 1 amide bonds. The number of halogens is 2. The lowest BCUT2D eigenvalue weighted by Crippen LogP contribution is -2.50. The molecule has 48 heavy (non-hydrogen) atoms. The molecule has 1 aliphatic heterocycles. The van der Waals surface area contributed by atoms with Gasteiger partial charge in [0.1, 0.15) is 17.9 Å². The van der Waals surface area contributed by atoms with Crippen LogP contribution in [0.25, 0.3) is 21.5 Å². The third-order valence-corrected chi connectivity index (χ3v) is 8.84. The van der Waals surface area contributed by atoms with Gasteiger partial charge in [0.05, 0.1) is 27.7 Å². The molecule has 1 unspecified atom stereocenters. The first kappa shape index (κ1) is 31.0. The second kappa shape index (κ2) is 12.9. The molecule has 6 aromatic rings. The molecule has 0 spiro atoms. The van der Waals surface area contributed by atoms with Gasteiger partial charge in [0.15, 0.2) is 0 Å². The predicted octanol–water partition coefficient (Wildman–Crippen LogP) is 4.07. The van der Waals surface area contributed by atoms with E-state index in [0.29, 0.717) is 50.5 Å². The molecule has 0 radical (unpaired) electrons. The van der Waals surface area contributed by atoms with Crippen molar-refractivity contribution in [2.24, 2.45) is 0 Å². The van der Waals surface area contributed by atoms with Gasteiger partial charge < -0.3 is 10.0 Å². The van der Waals surface area contributed by atoms with E-state index in [-0.39, 0.29) is 54.8 Å². The third-order valence-electron chi connectivity index (χ3n) is 8.84. The van der Waals surface area contributed by atoms with Crippen molar-refractivity contribution in [1.82, 2.24) is 30.2 Å². The van der Waals surface area contributed by atoms with Crippen molar-refractivity contribution >= 4 is 27.5 Å². The van der Waals surface area contributed by atoms with E-state index in [0.717, 1.165) is 0 Å². The van der Waals surface area contributed by atoms with Crippen LogP contribution in [0, 0.1) is 11.6 Å². The SMILES string of the molecule is O=C(c1cc(Cc2n[nH]c(=O)c3ccccc23)ccc1F)N1CCN(C(O)c2cc(Cc3n[nH]c(=O)c4ccccc34)ccc2F)CC1. The Morgan fingerprint density at radius 2 is 1.21 bits per heavy atom. The molecule has 1 saturated heterocycles. The molecule has 12 heteroatoms. The predicted molar refractivity (Wildman–Crippen MR) is 176 cm³/mol. The van der Waals surface area contributed by atoms with Crippen molar-refractivity contribution in [3.05, 3.63) is 151 Å². The standard InChI is InChI=1S/C36H30F2N6O4/c37-29-11-9-21(19-31-23-5-1-3-7-25(23)33(45)41-39-31)17-27(29)35(47)43-13-15-44(16-14-43)36(48)28-18-22(10-12-30(28)38)20-32-24-6-2-4-8-26(24)34(46)42-40-32/h1-12,17-18,35,47H,13-16,19-20H2,(H,41,45)(H,42,46). The minimum Gasteiger partial charge on any atom is -0.374 e. The van der Waals surface area contributed by atoms with Gasteiger partial charge in [-0.3, -0.25) is 19.3 Å². The Morgan fingerprint density at radius 3 is 1.77 bits per heavy atom. The maximum Gasteiger partial charge on any atom is 0.272 e. The number of fused-ring (bicyclic) bond motifs is 2. The molecule has 1 aliphatic rings. The highest BCUT2D eigenvalue weighted by Crippen LogP contribution is 2.26. The van der Waals surface area contributed by atoms with Gasteiger partial charge in [-0.15, -0.1) is 0 Å². The highest BCUT2D eigenvalue weighted by Gasteiger charge is 2.29. The van der Waals surface area contributed by atoms with Crippen molar-refractivity contribution in [3.8, 4) is 0 Å². The van der Waals surface area contributed by atoms with Crippen LogP contribution in [0.1, 0.15) is 44.7 Å². The number of aromatic amines is 2. The van der Waals surface area contributed by atoms with Gasteiger partial charge in [-0.25, -0.2) is 19.0 Å². The van der Waals surface area contributed by atoms with Crippen LogP contribution in [0.15, 0.2) is 94.5 Å². The summed E-state index contributed by atoms with van der Waals surface area (Å²) < 4.78 is 30.0. The Balaban J connectivity index is 1.04. The zero-order valence-electron chi connectivity index (χ0n) is 25.6. The van der Waals surface area contributed by atoms with Gasteiger partial charge in [-0.2, -0.15) is 10.2 Å². The first-order valence-electron chi connectivity index (χ1n) is 15.5. The number of amides is 1. The van der Waals surface area contributed by atoms with Gasteiger partial charge in [-0.1, -0.05) is 48.5 Å². The van der Waals surface area contributed by atoms with Crippen molar-refractivity contribution in [2.75, 3.05) is 26.2 Å². The van der Waals surface area contributed by atoms with Gasteiger partial charge in [0.2, 0.25) is 0 Å². The molecular formula is C36H30F2N6O4. The van der Waals surface area contributed by atoms with E-state index in [1.54, 1.807) is 59.5 Å². The summed E-state index contributed by atoms with van der Waals surface area (Å²) in [5.74, 6) is -1.72. The number of aromatic nitrogens is 4. The van der Waals surface area contributed by atoms with Crippen LogP contribution < -0.4 is 11.1 Å². The van der Waals surface area contributed by atoms with Crippen molar-refractivity contribution in [1.29, 1.82) is 0 Å². The van der Waals surface area contributed by atoms with E-state index in [4.69, 9.17) is 0 Å². The Morgan fingerprint density at radius 1 is 0.708 bits per heavy atom. The maximum atomic E-state index is 15.0. The lowest BCUT2D eigenvalue weighted by Gasteiger charge is -2.37. The second-order valence-electron chi connectivity index (χ2n) is 11.8. The van der Waals surface area contributed by atoms with Crippen LogP contribution >= 0.6 is 0 Å². The minimum atomic E-state index is -1.28. The Kier molecular flexibility index (Phi) is 8.34. The Labute approximate surface area is 272 Å². The van der Waals surface area contributed by atoms with Gasteiger partial charge in [0, 0.05) is 55.4 Å². The Hall–Kier alpha value is -5.59. The molecule has 4 aromatic carbocycles. The van der Waals surface area contributed by atoms with Crippen molar-refractivity contribution in [3.63, 3.8) is 0 Å². The summed E-state index contributed by atoms with van der Waals surface area (Å²) in [6.07, 6.45) is -0.697. The number of aliphatic hydroxyl groups excluding tert-OH is 1. The van der Waals surface area contributed by atoms with E-state index in [1.165, 1.54) is 23.1 Å². The van der Waals surface area contributed by atoms with E-state index >= 15 is 4.39 Å².